The zero-order valence-electron chi connectivity index (χ0n) is 12.3. The summed E-state index contributed by atoms with van der Waals surface area (Å²) in [4.78, 5) is 24.1. The summed E-state index contributed by atoms with van der Waals surface area (Å²) < 4.78 is 0. The second kappa shape index (κ2) is 8.84. The largest absolute Gasteiger partial charge is 0.508 e. The van der Waals surface area contributed by atoms with Crippen LogP contribution in [0.1, 0.15) is 19.4 Å². The molecule has 0 aliphatic carbocycles. The van der Waals surface area contributed by atoms with E-state index < -0.39 is 6.10 Å². The molecule has 1 rings (SSSR count). The van der Waals surface area contributed by atoms with E-state index in [2.05, 4.69) is 9.88 Å². The fourth-order valence-corrected chi connectivity index (χ4v) is 1.57. The number of benzene rings is 1. The fraction of sp³-hybridized carbons (Fsp3) is 0.250. The van der Waals surface area contributed by atoms with Crippen molar-refractivity contribution in [2.45, 2.75) is 20.0 Å². The zero-order chi connectivity index (χ0) is 15.7. The molecular weight excluding hydrogens is 270 g/mol. The Morgan fingerprint density at radius 1 is 1.33 bits per heavy atom. The smallest absolute Gasteiger partial charge is 0.242 e. The summed E-state index contributed by atoms with van der Waals surface area (Å²) in [5.74, 6) is -0.412. The van der Waals surface area contributed by atoms with E-state index in [0.717, 1.165) is 5.56 Å². The standard InChI is InChI=1S/C16H19NO4/c1-12(21-20-3)15(11-17-13(2)18)16(19)10-9-14-7-5-4-6-8-14/h4-12,19H,1-3H3/b10-9?,16-15-,17-11?. The highest BCUT2D eigenvalue weighted by atomic mass is 17.2. The van der Waals surface area contributed by atoms with Crippen LogP contribution in [0.4, 0.5) is 0 Å². The number of hydrogen-bond acceptors (Lipinski definition) is 4. The lowest BCUT2D eigenvalue weighted by atomic mass is 10.1. The molecule has 0 aliphatic rings. The molecule has 1 aromatic carbocycles. The number of aliphatic imine (C=N–C) groups is 1. The van der Waals surface area contributed by atoms with Crippen molar-refractivity contribution in [2.75, 3.05) is 7.11 Å². The van der Waals surface area contributed by atoms with Crippen molar-refractivity contribution in [1.29, 1.82) is 0 Å². The summed E-state index contributed by atoms with van der Waals surface area (Å²) >= 11 is 0. The van der Waals surface area contributed by atoms with Gasteiger partial charge in [0.25, 0.3) is 0 Å². The Balaban J connectivity index is 3.02. The quantitative estimate of drug-likeness (QED) is 0.287. The maximum absolute atomic E-state index is 10.9. The third kappa shape index (κ3) is 6.16. The molecule has 0 heterocycles. The number of allylic oxidation sites excluding steroid dienone is 1. The lowest BCUT2D eigenvalue weighted by Crippen LogP contribution is -2.14. The van der Waals surface area contributed by atoms with Crippen molar-refractivity contribution >= 4 is 18.2 Å². The minimum absolute atomic E-state index is 0.0478. The topological polar surface area (TPSA) is 68.1 Å². The number of aliphatic hydroxyl groups excluding tert-OH is 1. The molecular formula is C16H19NO4. The molecule has 21 heavy (non-hydrogen) atoms. The van der Waals surface area contributed by atoms with E-state index in [1.165, 1.54) is 26.3 Å². The van der Waals surface area contributed by atoms with Gasteiger partial charge in [-0.2, -0.15) is 0 Å². The fourth-order valence-electron chi connectivity index (χ4n) is 1.57. The van der Waals surface area contributed by atoms with Crippen molar-refractivity contribution in [2.24, 2.45) is 4.99 Å². The van der Waals surface area contributed by atoms with Crippen molar-refractivity contribution in [3.63, 3.8) is 0 Å². The molecule has 0 saturated carbocycles. The number of rotatable bonds is 6. The second-order valence-electron chi connectivity index (χ2n) is 4.27. The third-order valence-electron chi connectivity index (χ3n) is 2.59. The summed E-state index contributed by atoms with van der Waals surface area (Å²) in [5, 5.41) is 10.1. The normalized spacial score (nSPS) is 14.4. The summed E-state index contributed by atoms with van der Waals surface area (Å²) in [6.45, 7) is 3.00. The van der Waals surface area contributed by atoms with Gasteiger partial charge in [-0.05, 0) is 18.6 Å². The van der Waals surface area contributed by atoms with Crippen LogP contribution in [0.25, 0.3) is 6.08 Å². The summed E-state index contributed by atoms with van der Waals surface area (Å²) in [6, 6.07) is 9.52. The Bertz CT molecular complexity index is 547. The van der Waals surface area contributed by atoms with E-state index in [1.54, 1.807) is 13.0 Å². The minimum Gasteiger partial charge on any atom is -0.508 e. The Labute approximate surface area is 124 Å². The molecule has 1 aromatic rings. The average molecular weight is 289 g/mol. The van der Waals surface area contributed by atoms with Crippen LogP contribution in [0, 0.1) is 0 Å². The summed E-state index contributed by atoms with van der Waals surface area (Å²) in [7, 11) is 1.37. The van der Waals surface area contributed by atoms with E-state index in [1.807, 2.05) is 30.3 Å². The van der Waals surface area contributed by atoms with Crippen molar-refractivity contribution in [1.82, 2.24) is 0 Å². The molecule has 0 aromatic heterocycles. The van der Waals surface area contributed by atoms with Crippen LogP contribution >= 0.6 is 0 Å². The van der Waals surface area contributed by atoms with E-state index in [-0.39, 0.29) is 11.7 Å². The number of carbonyl (C=O) groups is 1. The summed E-state index contributed by atoms with van der Waals surface area (Å²) in [6.07, 6.45) is 3.97. The highest BCUT2D eigenvalue weighted by Gasteiger charge is 2.12. The molecule has 0 radical (unpaired) electrons. The average Bonchev–Trinajstić information content (AvgIpc) is 2.46. The van der Waals surface area contributed by atoms with Gasteiger partial charge in [0.2, 0.25) is 5.91 Å². The van der Waals surface area contributed by atoms with Gasteiger partial charge in [-0.15, -0.1) is 0 Å². The van der Waals surface area contributed by atoms with Gasteiger partial charge in [0, 0.05) is 18.7 Å². The van der Waals surface area contributed by atoms with Gasteiger partial charge in [-0.3, -0.25) is 4.79 Å². The third-order valence-corrected chi connectivity index (χ3v) is 2.59. The summed E-state index contributed by atoms with van der Waals surface area (Å²) in [5.41, 5.74) is 1.28. The molecule has 0 aliphatic heterocycles. The molecule has 1 unspecified atom stereocenters. The molecule has 0 bridgehead atoms. The lowest BCUT2D eigenvalue weighted by Gasteiger charge is -2.11. The first-order valence-electron chi connectivity index (χ1n) is 6.45. The van der Waals surface area contributed by atoms with Crippen LogP contribution in [0.2, 0.25) is 0 Å². The maximum Gasteiger partial charge on any atom is 0.242 e. The van der Waals surface area contributed by atoms with Crippen LogP contribution in [0.5, 0.6) is 0 Å². The van der Waals surface area contributed by atoms with Gasteiger partial charge in [0.05, 0.1) is 7.11 Å². The number of hydrogen-bond donors (Lipinski definition) is 1. The van der Waals surface area contributed by atoms with Crippen LogP contribution in [-0.2, 0) is 14.6 Å². The molecule has 1 N–H and O–H groups in total. The van der Waals surface area contributed by atoms with Gasteiger partial charge in [-0.1, -0.05) is 36.4 Å². The predicted molar refractivity (Wildman–Crippen MR) is 81.9 cm³/mol. The first kappa shape index (κ1) is 16.8. The van der Waals surface area contributed by atoms with Crippen LogP contribution in [-0.4, -0.2) is 30.4 Å². The Morgan fingerprint density at radius 3 is 2.57 bits per heavy atom. The predicted octanol–water partition coefficient (Wildman–Crippen LogP) is 3.10. The van der Waals surface area contributed by atoms with Crippen LogP contribution < -0.4 is 0 Å². The highest BCUT2D eigenvalue weighted by molar-refractivity contribution is 5.91. The lowest BCUT2D eigenvalue weighted by molar-refractivity contribution is -0.291. The van der Waals surface area contributed by atoms with E-state index in [4.69, 9.17) is 4.89 Å². The first-order chi connectivity index (χ1) is 10.0. The molecule has 0 saturated heterocycles. The van der Waals surface area contributed by atoms with Crippen LogP contribution in [0.15, 0.2) is 52.7 Å². The van der Waals surface area contributed by atoms with Gasteiger partial charge in [0.1, 0.15) is 11.9 Å². The molecule has 1 amide bonds. The van der Waals surface area contributed by atoms with Crippen LogP contribution in [0.3, 0.4) is 0 Å². The highest BCUT2D eigenvalue weighted by Crippen LogP contribution is 2.12. The Kier molecular flexibility index (Phi) is 7.08. The molecule has 0 fully saturated rings. The van der Waals surface area contributed by atoms with Gasteiger partial charge >= 0.3 is 0 Å². The van der Waals surface area contributed by atoms with Crippen molar-refractivity contribution in [3.8, 4) is 0 Å². The first-order valence-corrected chi connectivity index (χ1v) is 6.45. The van der Waals surface area contributed by atoms with Gasteiger partial charge in [0.15, 0.2) is 0 Å². The second-order valence-corrected chi connectivity index (χ2v) is 4.27. The van der Waals surface area contributed by atoms with E-state index in [9.17, 15) is 9.90 Å². The van der Waals surface area contributed by atoms with Gasteiger partial charge < -0.3 is 5.11 Å². The zero-order valence-corrected chi connectivity index (χ0v) is 12.3. The maximum atomic E-state index is 10.9. The molecule has 112 valence electrons. The number of carbonyl (C=O) groups excluding carboxylic acids is 1. The molecule has 5 heteroatoms. The Morgan fingerprint density at radius 2 is 2.00 bits per heavy atom. The van der Waals surface area contributed by atoms with E-state index in [0.29, 0.717) is 5.57 Å². The minimum atomic E-state index is -0.571. The Hall–Kier alpha value is -2.24. The van der Waals surface area contributed by atoms with Gasteiger partial charge in [-0.25, -0.2) is 14.8 Å². The van der Waals surface area contributed by atoms with E-state index >= 15 is 0 Å². The van der Waals surface area contributed by atoms with Crippen molar-refractivity contribution in [3.05, 3.63) is 53.3 Å². The van der Waals surface area contributed by atoms with Crippen molar-refractivity contribution < 1.29 is 19.7 Å². The monoisotopic (exact) mass is 289 g/mol. The molecule has 0 spiro atoms. The number of aliphatic hydroxyl groups is 1. The molecule has 5 nitrogen and oxygen atoms in total. The molecule has 1 atom stereocenters. The number of nitrogens with zero attached hydrogens (tertiary/aromatic N) is 1. The number of amides is 1. The SMILES string of the molecule is COOC(C)/C(C=NC(C)=O)=C(\O)C=Cc1ccccc1.